The molecule has 0 amide bonds. The second kappa shape index (κ2) is 8.48. The van der Waals surface area contributed by atoms with Crippen LogP contribution >= 0.6 is 0 Å². The van der Waals surface area contributed by atoms with Gasteiger partial charge in [0.1, 0.15) is 5.75 Å². The van der Waals surface area contributed by atoms with Gasteiger partial charge in [-0.1, -0.05) is 18.2 Å². The number of carbonyl (C=O) groups is 2. The predicted molar refractivity (Wildman–Crippen MR) is 96.9 cm³/mol. The van der Waals surface area contributed by atoms with Gasteiger partial charge in [-0.3, -0.25) is 9.52 Å². The third-order valence-electron chi connectivity index (χ3n) is 3.31. The van der Waals surface area contributed by atoms with E-state index >= 15 is 0 Å². The minimum Gasteiger partial charge on any atom is -0.482 e. The van der Waals surface area contributed by atoms with Crippen molar-refractivity contribution >= 4 is 27.5 Å². The molecule has 1 N–H and O–H groups in total. The molecule has 0 spiro atoms. The summed E-state index contributed by atoms with van der Waals surface area (Å²) < 4.78 is 34.8. The highest BCUT2D eigenvalue weighted by molar-refractivity contribution is 7.92. The van der Waals surface area contributed by atoms with Crippen LogP contribution in [-0.2, 0) is 19.6 Å². The molecular weight excluding hydrogens is 358 g/mol. The van der Waals surface area contributed by atoms with Gasteiger partial charge in [0.15, 0.2) is 19.0 Å². The van der Waals surface area contributed by atoms with Crippen LogP contribution in [-0.4, -0.2) is 39.6 Å². The summed E-state index contributed by atoms with van der Waals surface area (Å²) in [5, 5.41) is 0. The average molecular weight is 377 g/mol. The highest BCUT2D eigenvalue weighted by Crippen LogP contribution is 2.16. The van der Waals surface area contributed by atoms with E-state index in [9.17, 15) is 18.0 Å². The Balaban J connectivity index is 1.82. The molecule has 0 aliphatic heterocycles. The Morgan fingerprint density at radius 1 is 1.00 bits per heavy atom. The number of aryl methyl sites for hydroxylation is 1. The highest BCUT2D eigenvalue weighted by Gasteiger charge is 2.11. The lowest BCUT2D eigenvalue weighted by molar-refractivity contribution is -0.144. The van der Waals surface area contributed by atoms with Gasteiger partial charge in [0.2, 0.25) is 10.0 Å². The molecule has 26 heavy (non-hydrogen) atoms. The van der Waals surface area contributed by atoms with Crippen LogP contribution in [0, 0.1) is 6.92 Å². The molecule has 2 aromatic carbocycles. The average Bonchev–Trinajstić information content (AvgIpc) is 2.58. The van der Waals surface area contributed by atoms with Crippen LogP contribution < -0.4 is 9.46 Å². The number of para-hydroxylation sites is 1. The normalized spacial score (nSPS) is 10.8. The largest absolute Gasteiger partial charge is 0.482 e. The van der Waals surface area contributed by atoms with Crippen molar-refractivity contribution in [3.63, 3.8) is 0 Å². The van der Waals surface area contributed by atoms with E-state index in [0.717, 1.165) is 11.8 Å². The molecule has 0 aliphatic carbocycles. The van der Waals surface area contributed by atoms with Gasteiger partial charge in [-0.15, -0.1) is 0 Å². The van der Waals surface area contributed by atoms with E-state index in [1.807, 2.05) is 19.1 Å². The molecule has 8 heteroatoms. The number of esters is 1. The molecule has 0 bridgehead atoms. The highest BCUT2D eigenvalue weighted by atomic mass is 32.2. The number of sulfonamides is 1. The number of ketones is 1. The van der Waals surface area contributed by atoms with Crippen molar-refractivity contribution in [2.24, 2.45) is 0 Å². The first-order valence-corrected chi connectivity index (χ1v) is 9.59. The maximum Gasteiger partial charge on any atom is 0.344 e. The molecule has 0 aromatic heterocycles. The molecule has 138 valence electrons. The van der Waals surface area contributed by atoms with Crippen LogP contribution in [0.2, 0.25) is 0 Å². The van der Waals surface area contributed by atoms with Crippen LogP contribution in [0.5, 0.6) is 5.75 Å². The van der Waals surface area contributed by atoms with Crippen molar-refractivity contribution in [1.29, 1.82) is 0 Å². The third-order valence-corrected chi connectivity index (χ3v) is 3.92. The molecule has 0 aliphatic rings. The SMILES string of the molecule is Cc1ccccc1OCC(=O)OCC(=O)c1ccc(NS(C)(=O)=O)cc1. The number of Topliss-reactive ketones (excluding diaryl/α,β-unsaturated/α-hetero) is 1. The zero-order valence-electron chi connectivity index (χ0n) is 14.4. The molecule has 0 saturated heterocycles. The van der Waals surface area contributed by atoms with Gasteiger partial charge in [-0.05, 0) is 42.8 Å². The van der Waals surface area contributed by atoms with Crippen molar-refractivity contribution in [1.82, 2.24) is 0 Å². The predicted octanol–water partition coefficient (Wildman–Crippen LogP) is 2.17. The first kappa shape index (κ1) is 19.5. The Bertz CT molecular complexity index is 890. The van der Waals surface area contributed by atoms with Gasteiger partial charge in [-0.25, -0.2) is 13.2 Å². The molecule has 0 unspecified atom stereocenters. The zero-order chi connectivity index (χ0) is 19.2. The quantitative estimate of drug-likeness (QED) is 0.559. The fraction of sp³-hybridized carbons (Fsp3) is 0.222. The maximum atomic E-state index is 12.0. The van der Waals surface area contributed by atoms with Crippen LogP contribution in [0.25, 0.3) is 0 Å². The van der Waals surface area contributed by atoms with Crippen LogP contribution in [0.4, 0.5) is 5.69 Å². The van der Waals surface area contributed by atoms with Gasteiger partial charge in [-0.2, -0.15) is 0 Å². The summed E-state index contributed by atoms with van der Waals surface area (Å²) in [5.41, 5.74) is 1.53. The van der Waals surface area contributed by atoms with Crippen LogP contribution in [0.3, 0.4) is 0 Å². The Labute approximate surface area is 152 Å². The molecular formula is C18H19NO6S. The summed E-state index contributed by atoms with van der Waals surface area (Å²) in [6.07, 6.45) is 1.03. The summed E-state index contributed by atoms with van der Waals surface area (Å²) in [6.45, 7) is 1.14. The first-order chi connectivity index (χ1) is 12.2. The summed E-state index contributed by atoms with van der Waals surface area (Å²) in [7, 11) is -3.38. The molecule has 7 nitrogen and oxygen atoms in total. The van der Waals surface area contributed by atoms with Crippen molar-refractivity contribution in [3.05, 3.63) is 59.7 Å². The molecule has 0 radical (unpaired) electrons. The summed E-state index contributed by atoms with van der Waals surface area (Å²) in [4.78, 5) is 23.7. The Morgan fingerprint density at radius 2 is 1.65 bits per heavy atom. The number of carbonyl (C=O) groups excluding carboxylic acids is 2. The minimum atomic E-state index is -3.38. The molecule has 2 aromatic rings. The number of anilines is 1. The second-order valence-electron chi connectivity index (χ2n) is 5.59. The maximum absolute atomic E-state index is 12.0. The van der Waals surface area contributed by atoms with Gasteiger partial charge in [0.25, 0.3) is 0 Å². The molecule has 0 fully saturated rings. The summed E-state index contributed by atoms with van der Waals surface area (Å²) in [5.74, 6) is -0.484. The smallest absolute Gasteiger partial charge is 0.344 e. The summed E-state index contributed by atoms with van der Waals surface area (Å²) in [6, 6.07) is 13.1. The summed E-state index contributed by atoms with van der Waals surface area (Å²) >= 11 is 0. The lowest BCUT2D eigenvalue weighted by atomic mass is 10.1. The number of rotatable bonds is 8. The zero-order valence-corrected chi connectivity index (χ0v) is 15.2. The number of ether oxygens (including phenoxy) is 2. The number of hydrogen-bond acceptors (Lipinski definition) is 6. The van der Waals surface area contributed by atoms with E-state index in [1.165, 1.54) is 24.3 Å². The molecule has 0 heterocycles. The third kappa shape index (κ3) is 6.21. The molecule has 0 atom stereocenters. The standard InChI is InChI=1S/C18H19NO6S/c1-13-5-3-4-6-17(13)24-12-18(21)25-11-16(20)14-7-9-15(10-8-14)19-26(2,22)23/h3-10,19H,11-12H2,1-2H3. The Kier molecular flexibility index (Phi) is 6.35. The van der Waals surface area contributed by atoms with E-state index in [0.29, 0.717) is 17.0 Å². The van der Waals surface area contributed by atoms with E-state index in [1.54, 1.807) is 12.1 Å². The Morgan fingerprint density at radius 3 is 2.27 bits per heavy atom. The number of nitrogens with one attached hydrogen (secondary N) is 1. The van der Waals surface area contributed by atoms with Crippen LogP contribution in [0.15, 0.2) is 48.5 Å². The van der Waals surface area contributed by atoms with Crippen molar-refractivity contribution in [2.45, 2.75) is 6.92 Å². The number of hydrogen-bond donors (Lipinski definition) is 1. The van der Waals surface area contributed by atoms with Crippen molar-refractivity contribution in [3.8, 4) is 5.75 Å². The van der Waals surface area contributed by atoms with Gasteiger partial charge in [0, 0.05) is 11.3 Å². The van der Waals surface area contributed by atoms with Gasteiger partial charge < -0.3 is 9.47 Å². The van der Waals surface area contributed by atoms with Crippen molar-refractivity contribution in [2.75, 3.05) is 24.2 Å². The first-order valence-electron chi connectivity index (χ1n) is 7.70. The minimum absolute atomic E-state index is 0.296. The molecule has 0 saturated carbocycles. The Hall–Kier alpha value is -2.87. The lowest BCUT2D eigenvalue weighted by Crippen LogP contribution is -2.19. The molecule has 2 rings (SSSR count). The van der Waals surface area contributed by atoms with E-state index < -0.39 is 28.4 Å². The monoisotopic (exact) mass is 377 g/mol. The number of benzene rings is 2. The second-order valence-corrected chi connectivity index (χ2v) is 7.34. The lowest BCUT2D eigenvalue weighted by Gasteiger charge is -2.09. The van der Waals surface area contributed by atoms with Crippen LogP contribution in [0.1, 0.15) is 15.9 Å². The fourth-order valence-electron chi connectivity index (χ4n) is 2.06. The van der Waals surface area contributed by atoms with E-state index in [-0.39, 0.29) is 6.61 Å². The van der Waals surface area contributed by atoms with Crippen molar-refractivity contribution < 1.29 is 27.5 Å². The van der Waals surface area contributed by atoms with Gasteiger partial charge >= 0.3 is 5.97 Å². The topological polar surface area (TPSA) is 98.8 Å². The fourth-order valence-corrected chi connectivity index (χ4v) is 2.63. The van der Waals surface area contributed by atoms with E-state index in [4.69, 9.17) is 9.47 Å². The van der Waals surface area contributed by atoms with E-state index in [2.05, 4.69) is 4.72 Å². The van der Waals surface area contributed by atoms with Gasteiger partial charge in [0.05, 0.1) is 6.26 Å².